The maximum atomic E-state index is 2.59. The molecule has 0 spiro atoms. The van der Waals surface area contributed by atoms with Crippen LogP contribution in [0.4, 0.5) is 17.1 Å². The fraction of sp³-hybridized carbons (Fsp3) is 0.478. The number of fused-ring (bicyclic) bond motifs is 1. The Morgan fingerprint density at radius 3 is 2.00 bits per heavy atom. The second kappa shape index (κ2) is 6.40. The largest absolute Gasteiger partial charge is 0.352 e. The summed E-state index contributed by atoms with van der Waals surface area (Å²) in [6.07, 6.45) is 1.41. The average molecular weight is 337 g/mol. The second-order valence-electron chi connectivity index (χ2n) is 8.00. The standard InChI is InChI=1S/C23H32N2/c1-9-19-18(7)10-15(4)11-20(19)25-22-13-17(6)16(5)12-21(22)24(8)23(25)14(2)3/h10-14,23H,9H2,1-8H3. The Morgan fingerprint density at radius 1 is 0.840 bits per heavy atom. The second-order valence-corrected chi connectivity index (χ2v) is 8.00. The van der Waals surface area contributed by atoms with Crippen LogP contribution in [0.1, 0.15) is 48.6 Å². The molecule has 0 fully saturated rings. The van der Waals surface area contributed by atoms with E-state index < -0.39 is 0 Å². The predicted molar refractivity (Wildman–Crippen MR) is 110 cm³/mol. The number of rotatable bonds is 3. The van der Waals surface area contributed by atoms with Gasteiger partial charge in [-0.3, -0.25) is 0 Å². The SMILES string of the molecule is CCc1c(C)cc(C)cc1N1c2cc(C)c(C)cc2N(C)C1C(C)C. The van der Waals surface area contributed by atoms with E-state index in [2.05, 4.69) is 89.6 Å². The molecule has 2 aromatic rings. The minimum absolute atomic E-state index is 0.350. The third kappa shape index (κ3) is 2.82. The molecule has 3 rings (SSSR count). The van der Waals surface area contributed by atoms with Crippen LogP contribution < -0.4 is 9.80 Å². The van der Waals surface area contributed by atoms with Gasteiger partial charge in [0.25, 0.3) is 0 Å². The van der Waals surface area contributed by atoms with Crippen molar-refractivity contribution < 1.29 is 0 Å². The molecule has 0 bridgehead atoms. The monoisotopic (exact) mass is 336 g/mol. The van der Waals surface area contributed by atoms with Crippen molar-refractivity contribution in [3.05, 3.63) is 52.1 Å². The van der Waals surface area contributed by atoms with Crippen LogP contribution in [-0.4, -0.2) is 13.2 Å². The maximum absolute atomic E-state index is 2.59. The van der Waals surface area contributed by atoms with Gasteiger partial charge >= 0.3 is 0 Å². The van der Waals surface area contributed by atoms with E-state index in [1.807, 2.05) is 0 Å². The highest BCUT2D eigenvalue weighted by molar-refractivity contribution is 5.86. The molecule has 0 aromatic heterocycles. The molecule has 1 unspecified atom stereocenters. The molecule has 1 aliphatic heterocycles. The molecule has 0 N–H and O–H groups in total. The summed E-state index contributed by atoms with van der Waals surface area (Å²) >= 11 is 0. The van der Waals surface area contributed by atoms with Gasteiger partial charge in [-0.15, -0.1) is 0 Å². The number of hydrogen-bond donors (Lipinski definition) is 0. The molecule has 1 atom stereocenters. The summed E-state index contributed by atoms with van der Waals surface area (Å²) in [5.41, 5.74) is 11.0. The molecule has 1 aliphatic rings. The Bertz CT molecular complexity index is 804. The average Bonchev–Trinajstić information content (AvgIpc) is 2.80. The zero-order valence-electron chi connectivity index (χ0n) is 17.1. The normalized spacial score (nSPS) is 16.8. The molecule has 0 saturated carbocycles. The summed E-state index contributed by atoms with van der Waals surface area (Å²) in [7, 11) is 2.24. The van der Waals surface area contributed by atoms with Crippen molar-refractivity contribution in [2.24, 2.45) is 5.92 Å². The summed E-state index contributed by atoms with van der Waals surface area (Å²) in [4.78, 5) is 5.05. The Balaban J connectivity index is 2.29. The van der Waals surface area contributed by atoms with Crippen molar-refractivity contribution in [3.63, 3.8) is 0 Å². The first-order valence-corrected chi connectivity index (χ1v) is 9.49. The number of nitrogens with zero attached hydrogens (tertiary/aromatic N) is 2. The van der Waals surface area contributed by atoms with Crippen LogP contribution in [0.3, 0.4) is 0 Å². The highest BCUT2D eigenvalue weighted by Gasteiger charge is 2.37. The highest BCUT2D eigenvalue weighted by atomic mass is 15.4. The van der Waals surface area contributed by atoms with Crippen LogP contribution in [0.5, 0.6) is 0 Å². The van der Waals surface area contributed by atoms with E-state index in [9.17, 15) is 0 Å². The summed E-state index contributed by atoms with van der Waals surface area (Å²) in [6, 6.07) is 9.42. The van der Waals surface area contributed by atoms with E-state index in [0.717, 1.165) is 6.42 Å². The van der Waals surface area contributed by atoms with Gasteiger partial charge in [0.1, 0.15) is 6.17 Å². The van der Waals surface area contributed by atoms with E-state index in [4.69, 9.17) is 0 Å². The Morgan fingerprint density at radius 2 is 1.44 bits per heavy atom. The molecule has 0 aliphatic carbocycles. The van der Waals surface area contributed by atoms with Gasteiger partial charge < -0.3 is 9.80 Å². The van der Waals surface area contributed by atoms with Gasteiger partial charge in [0, 0.05) is 12.7 Å². The molecule has 0 radical (unpaired) electrons. The van der Waals surface area contributed by atoms with Crippen LogP contribution in [0.2, 0.25) is 0 Å². The van der Waals surface area contributed by atoms with Crippen molar-refractivity contribution in [1.29, 1.82) is 0 Å². The van der Waals surface area contributed by atoms with Crippen LogP contribution in [0.25, 0.3) is 0 Å². The van der Waals surface area contributed by atoms with E-state index in [-0.39, 0.29) is 0 Å². The first-order valence-electron chi connectivity index (χ1n) is 9.49. The molecule has 0 saturated heterocycles. The molecule has 2 nitrogen and oxygen atoms in total. The fourth-order valence-electron chi connectivity index (χ4n) is 4.39. The summed E-state index contributed by atoms with van der Waals surface area (Å²) in [6.45, 7) is 15.8. The molecular formula is C23H32N2. The van der Waals surface area contributed by atoms with Crippen LogP contribution >= 0.6 is 0 Å². The van der Waals surface area contributed by atoms with Gasteiger partial charge in [0.15, 0.2) is 0 Å². The fourth-order valence-corrected chi connectivity index (χ4v) is 4.39. The van der Waals surface area contributed by atoms with Crippen molar-refractivity contribution >= 4 is 17.1 Å². The molecular weight excluding hydrogens is 304 g/mol. The van der Waals surface area contributed by atoms with Crippen LogP contribution in [-0.2, 0) is 6.42 Å². The lowest BCUT2D eigenvalue weighted by atomic mass is 9.98. The third-order valence-electron chi connectivity index (χ3n) is 5.69. The number of anilines is 3. The summed E-state index contributed by atoms with van der Waals surface area (Å²) < 4.78 is 0. The lowest BCUT2D eigenvalue weighted by Crippen LogP contribution is -2.43. The van der Waals surface area contributed by atoms with E-state index >= 15 is 0 Å². The van der Waals surface area contributed by atoms with E-state index in [1.54, 1.807) is 0 Å². The van der Waals surface area contributed by atoms with Crippen LogP contribution in [0.15, 0.2) is 24.3 Å². The highest BCUT2D eigenvalue weighted by Crippen LogP contribution is 2.48. The molecule has 2 aromatic carbocycles. The van der Waals surface area contributed by atoms with E-state index in [0.29, 0.717) is 12.1 Å². The number of benzene rings is 2. The van der Waals surface area contributed by atoms with Gasteiger partial charge in [-0.1, -0.05) is 26.8 Å². The first-order chi connectivity index (χ1) is 11.8. The molecule has 1 heterocycles. The maximum Gasteiger partial charge on any atom is 0.108 e. The van der Waals surface area contributed by atoms with Crippen molar-refractivity contribution in [2.45, 2.75) is 61.1 Å². The van der Waals surface area contributed by atoms with Gasteiger partial charge in [0.05, 0.1) is 11.4 Å². The van der Waals surface area contributed by atoms with E-state index in [1.165, 1.54) is 44.9 Å². The Labute approximate surface area is 153 Å². The van der Waals surface area contributed by atoms with Crippen molar-refractivity contribution in [3.8, 4) is 0 Å². The lowest BCUT2D eigenvalue weighted by molar-refractivity contribution is 0.494. The number of hydrogen-bond acceptors (Lipinski definition) is 2. The van der Waals surface area contributed by atoms with Crippen LogP contribution in [0, 0.1) is 33.6 Å². The molecule has 2 heteroatoms. The Hall–Kier alpha value is -1.96. The Kier molecular flexibility index (Phi) is 4.57. The summed E-state index contributed by atoms with van der Waals surface area (Å²) in [5.74, 6) is 0.531. The minimum Gasteiger partial charge on any atom is -0.352 e. The molecule has 25 heavy (non-hydrogen) atoms. The predicted octanol–water partition coefficient (Wildman–Crippen LogP) is 6.05. The van der Waals surface area contributed by atoms with Gasteiger partial charge in [0.2, 0.25) is 0 Å². The molecule has 134 valence electrons. The first kappa shape index (κ1) is 17.8. The zero-order valence-corrected chi connectivity index (χ0v) is 17.1. The molecule has 0 amide bonds. The minimum atomic E-state index is 0.350. The lowest BCUT2D eigenvalue weighted by Gasteiger charge is -2.35. The topological polar surface area (TPSA) is 6.48 Å². The van der Waals surface area contributed by atoms with Gasteiger partial charge in [-0.05, 0) is 86.1 Å². The zero-order chi connectivity index (χ0) is 18.5. The third-order valence-corrected chi connectivity index (χ3v) is 5.69. The summed E-state index contributed by atoms with van der Waals surface area (Å²) in [5, 5.41) is 0. The van der Waals surface area contributed by atoms with Gasteiger partial charge in [-0.2, -0.15) is 0 Å². The van der Waals surface area contributed by atoms with Gasteiger partial charge in [-0.25, -0.2) is 0 Å². The smallest absolute Gasteiger partial charge is 0.108 e. The number of aryl methyl sites for hydroxylation is 4. The van der Waals surface area contributed by atoms with Crippen molar-refractivity contribution in [1.82, 2.24) is 0 Å². The quantitative estimate of drug-likeness (QED) is 0.673. The van der Waals surface area contributed by atoms with Crippen molar-refractivity contribution in [2.75, 3.05) is 16.8 Å².